The van der Waals surface area contributed by atoms with Crippen LogP contribution in [0, 0.1) is 0 Å². The third-order valence-electron chi connectivity index (χ3n) is 3.25. The van der Waals surface area contributed by atoms with Crippen molar-refractivity contribution in [2.24, 2.45) is 0 Å². The second-order valence-electron chi connectivity index (χ2n) is 5.17. The van der Waals surface area contributed by atoms with Crippen LogP contribution in [0.3, 0.4) is 0 Å². The SMILES string of the molecule is CCOc1ccccc1/C=C/C(=O)N(C)C(C)(C)CO. The number of carbonyl (C=O) groups excluding carboxylic acids is 1. The summed E-state index contributed by atoms with van der Waals surface area (Å²) < 4.78 is 5.50. The zero-order valence-corrected chi connectivity index (χ0v) is 12.6. The van der Waals surface area contributed by atoms with Crippen molar-refractivity contribution < 1.29 is 14.6 Å². The molecule has 1 rings (SSSR count). The molecule has 110 valence electrons. The molecule has 0 radical (unpaired) electrons. The minimum Gasteiger partial charge on any atom is -0.493 e. The number of aliphatic hydroxyl groups is 1. The van der Waals surface area contributed by atoms with Gasteiger partial charge >= 0.3 is 0 Å². The molecule has 4 nitrogen and oxygen atoms in total. The molecule has 0 aromatic heterocycles. The lowest BCUT2D eigenvalue weighted by Gasteiger charge is -2.33. The van der Waals surface area contributed by atoms with Crippen LogP contribution in [0.1, 0.15) is 26.3 Å². The van der Waals surface area contributed by atoms with Crippen molar-refractivity contribution in [3.05, 3.63) is 35.9 Å². The van der Waals surface area contributed by atoms with Gasteiger partial charge in [0.1, 0.15) is 5.75 Å². The highest BCUT2D eigenvalue weighted by Crippen LogP contribution is 2.20. The van der Waals surface area contributed by atoms with Crippen LogP contribution in [0.25, 0.3) is 6.08 Å². The van der Waals surface area contributed by atoms with Gasteiger partial charge in [0.05, 0.1) is 18.8 Å². The Morgan fingerprint density at radius 1 is 1.40 bits per heavy atom. The molecule has 0 aliphatic heterocycles. The quantitative estimate of drug-likeness (QED) is 0.812. The summed E-state index contributed by atoms with van der Waals surface area (Å²) in [4.78, 5) is 13.6. The lowest BCUT2D eigenvalue weighted by Crippen LogP contribution is -2.47. The average Bonchev–Trinajstić information content (AvgIpc) is 2.45. The van der Waals surface area contributed by atoms with E-state index in [0.29, 0.717) is 6.61 Å². The predicted molar refractivity (Wildman–Crippen MR) is 80.6 cm³/mol. The maximum Gasteiger partial charge on any atom is 0.246 e. The number of para-hydroxylation sites is 1. The van der Waals surface area contributed by atoms with Gasteiger partial charge in [-0.3, -0.25) is 4.79 Å². The number of likely N-dealkylation sites (N-methyl/N-ethyl adjacent to an activating group) is 1. The fourth-order valence-corrected chi connectivity index (χ4v) is 1.58. The average molecular weight is 277 g/mol. The maximum absolute atomic E-state index is 12.1. The van der Waals surface area contributed by atoms with Gasteiger partial charge < -0.3 is 14.7 Å². The molecule has 4 heteroatoms. The minimum atomic E-state index is -0.582. The first-order chi connectivity index (χ1) is 9.42. The fourth-order valence-electron chi connectivity index (χ4n) is 1.58. The fraction of sp³-hybridized carbons (Fsp3) is 0.438. The summed E-state index contributed by atoms with van der Waals surface area (Å²) in [5, 5.41) is 9.27. The summed E-state index contributed by atoms with van der Waals surface area (Å²) in [6.45, 7) is 6.04. The molecule has 0 heterocycles. The van der Waals surface area contributed by atoms with E-state index in [2.05, 4.69) is 0 Å². The Morgan fingerprint density at radius 2 is 2.05 bits per heavy atom. The number of nitrogens with zero attached hydrogens (tertiary/aromatic N) is 1. The van der Waals surface area contributed by atoms with Gasteiger partial charge in [-0.05, 0) is 32.9 Å². The first-order valence-electron chi connectivity index (χ1n) is 6.71. The third kappa shape index (κ3) is 4.10. The van der Waals surface area contributed by atoms with Crippen molar-refractivity contribution in [2.75, 3.05) is 20.3 Å². The Kier molecular flexibility index (Phi) is 5.77. The Bertz CT molecular complexity index is 480. The van der Waals surface area contributed by atoms with Crippen LogP contribution < -0.4 is 4.74 Å². The molecule has 0 bridgehead atoms. The molecule has 0 aliphatic carbocycles. The van der Waals surface area contributed by atoms with Gasteiger partial charge in [-0.25, -0.2) is 0 Å². The van der Waals surface area contributed by atoms with E-state index < -0.39 is 5.54 Å². The van der Waals surface area contributed by atoms with E-state index in [1.165, 1.54) is 11.0 Å². The highest BCUT2D eigenvalue weighted by Gasteiger charge is 2.25. The smallest absolute Gasteiger partial charge is 0.246 e. The lowest BCUT2D eigenvalue weighted by atomic mass is 10.1. The number of hydrogen-bond donors (Lipinski definition) is 1. The van der Waals surface area contributed by atoms with E-state index in [4.69, 9.17) is 4.74 Å². The molecule has 0 saturated carbocycles. The number of carbonyl (C=O) groups is 1. The van der Waals surface area contributed by atoms with Crippen LogP contribution in [0.5, 0.6) is 5.75 Å². The van der Waals surface area contributed by atoms with Crippen molar-refractivity contribution in [1.82, 2.24) is 4.90 Å². The van der Waals surface area contributed by atoms with Gasteiger partial charge in [-0.2, -0.15) is 0 Å². The first-order valence-corrected chi connectivity index (χ1v) is 6.71. The predicted octanol–water partition coefficient (Wildman–Crippen LogP) is 2.33. The summed E-state index contributed by atoms with van der Waals surface area (Å²) in [6.07, 6.45) is 3.23. The van der Waals surface area contributed by atoms with E-state index in [0.717, 1.165) is 11.3 Å². The van der Waals surface area contributed by atoms with Gasteiger partial charge in [0.2, 0.25) is 5.91 Å². The molecule has 1 aromatic carbocycles. The van der Waals surface area contributed by atoms with Gasteiger partial charge in [-0.15, -0.1) is 0 Å². The van der Waals surface area contributed by atoms with Crippen LogP contribution in [-0.2, 0) is 4.79 Å². The van der Waals surface area contributed by atoms with E-state index in [-0.39, 0.29) is 12.5 Å². The van der Waals surface area contributed by atoms with Crippen LogP contribution in [0.2, 0.25) is 0 Å². The zero-order chi connectivity index (χ0) is 15.2. The normalized spacial score (nSPS) is 11.7. The van der Waals surface area contributed by atoms with Crippen LogP contribution in [-0.4, -0.2) is 41.7 Å². The monoisotopic (exact) mass is 277 g/mol. The van der Waals surface area contributed by atoms with Crippen molar-refractivity contribution >= 4 is 12.0 Å². The molecule has 20 heavy (non-hydrogen) atoms. The van der Waals surface area contributed by atoms with Gasteiger partial charge in [0.15, 0.2) is 0 Å². The molecule has 0 unspecified atom stereocenters. The van der Waals surface area contributed by atoms with E-state index in [9.17, 15) is 9.90 Å². The first kappa shape index (κ1) is 16.2. The number of benzene rings is 1. The molecule has 0 atom stereocenters. The van der Waals surface area contributed by atoms with Crippen molar-refractivity contribution in [1.29, 1.82) is 0 Å². The van der Waals surface area contributed by atoms with E-state index >= 15 is 0 Å². The number of amides is 1. The number of rotatable bonds is 6. The highest BCUT2D eigenvalue weighted by molar-refractivity contribution is 5.92. The van der Waals surface area contributed by atoms with E-state index in [1.54, 1.807) is 13.1 Å². The Balaban J connectivity index is 2.85. The van der Waals surface area contributed by atoms with Gasteiger partial charge in [-0.1, -0.05) is 18.2 Å². The molecular weight excluding hydrogens is 254 g/mol. The second-order valence-corrected chi connectivity index (χ2v) is 5.17. The topological polar surface area (TPSA) is 49.8 Å². The molecule has 0 aliphatic rings. The lowest BCUT2D eigenvalue weighted by molar-refractivity contribution is -0.130. The summed E-state index contributed by atoms with van der Waals surface area (Å²) in [7, 11) is 1.68. The van der Waals surface area contributed by atoms with Gasteiger partial charge in [0, 0.05) is 18.7 Å². The zero-order valence-electron chi connectivity index (χ0n) is 12.6. The van der Waals surface area contributed by atoms with Gasteiger partial charge in [0.25, 0.3) is 0 Å². The standard InChI is InChI=1S/C16H23NO3/c1-5-20-14-9-7-6-8-13(14)10-11-15(19)17(4)16(2,3)12-18/h6-11,18H,5,12H2,1-4H3/b11-10+. The molecular formula is C16H23NO3. The Hall–Kier alpha value is -1.81. The molecule has 0 spiro atoms. The Morgan fingerprint density at radius 3 is 2.65 bits per heavy atom. The Labute approximate surface area is 120 Å². The molecule has 0 saturated heterocycles. The number of hydrogen-bond acceptors (Lipinski definition) is 3. The molecule has 1 N–H and O–H groups in total. The number of ether oxygens (including phenoxy) is 1. The van der Waals surface area contributed by atoms with Crippen molar-refractivity contribution in [3.8, 4) is 5.75 Å². The largest absolute Gasteiger partial charge is 0.493 e. The third-order valence-corrected chi connectivity index (χ3v) is 3.25. The number of aliphatic hydroxyl groups excluding tert-OH is 1. The highest BCUT2D eigenvalue weighted by atomic mass is 16.5. The molecule has 1 aromatic rings. The summed E-state index contributed by atoms with van der Waals surface area (Å²) in [5.74, 6) is 0.596. The van der Waals surface area contributed by atoms with Crippen molar-refractivity contribution in [3.63, 3.8) is 0 Å². The van der Waals surface area contributed by atoms with Crippen LogP contribution >= 0.6 is 0 Å². The summed E-state index contributed by atoms with van der Waals surface area (Å²) in [5.41, 5.74) is 0.277. The minimum absolute atomic E-state index is 0.0847. The maximum atomic E-state index is 12.1. The molecule has 1 amide bonds. The van der Waals surface area contributed by atoms with Crippen LogP contribution in [0.4, 0.5) is 0 Å². The van der Waals surface area contributed by atoms with Crippen molar-refractivity contribution in [2.45, 2.75) is 26.3 Å². The molecule has 0 fully saturated rings. The summed E-state index contributed by atoms with van der Waals surface area (Å²) in [6, 6.07) is 7.56. The van der Waals surface area contributed by atoms with E-state index in [1.807, 2.05) is 45.0 Å². The summed E-state index contributed by atoms with van der Waals surface area (Å²) >= 11 is 0. The van der Waals surface area contributed by atoms with Crippen LogP contribution in [0.15, 0.2) is 30.3 Å². The second kappa shape index (κ2) is 7.10.